The van der Waals surface area contributed by atoms with Crippen molar-refractivity contribution in [2.45, 2.75) is 26.2 Å². The average molecular weight is 136 g/mol. The van der Waals surface area contributed by atoms with E-state index in [2.05, 4.69) is 37.8 Å². The third-order valence-electron chi connectivity index (χ3n) is 1.14. The van der Waals surface area contributed by atoms with Crippen molar-refractivity contribution in [2.75, 3.05) is 0 Å². The van der Waals surface area contributed by atoms with Gasteiger partial charge in [0.25, 0.3) is 0 Å². The van der Waals surface area contributed by atoms with Crippen molar-refractivity contribution in [1.29, 1.82) is 0 Å². The van der Waals surface area contributed by atoms with Crippen LogP contribution in [0.5, 0.6) is 0 Å². The van der Waals surface area contributed by atoms with E-state index in [4.69, 9.17) is 0 Å². The minimum Gasteiger partial charge on any atom is -0.103 e. The fourth-order valence-corrected chi connectivity index (χ4v) is 0.630. The third kappa shape index (κ3) is 7.22. The molecule has 0 nitrogen and oxygen atoms in total. The smallest absolute Gasteiger partial charge is 0.0169 e. The summed E-state index contributed by atoms with van der Waals surface area (Å²) in [4.78, 5) is 0. The van der Waals surface area contributed by atoms with Crippen molar-refractivity contribution in [3.8, 4) is 0 Å². The molecule has 0 aromatic rings. The maximum Gasteiger partial charge on any atom is -0.0169 e. The van der Waals surface area contributed by atoms with Gasteiger partial charge in [0.2, 0.25) is 0 Å². The van der Waals surface area contributed by atoms with E-state index in [1.54, 1.807) is 0 Å². The molecule has 0 fully saturated rings. The largest absolute Gasteiger partial charge is 0.103 e. The lowest BCUT2D eigenvalue weighted by Crippen LogP contribution is -1.59. The summed E-state index contributed by atoms with van der Waals surface area (Å²) >= 11 is 0. The van der Waals surface area contributed by atoms with Crippen molar-refractivity contribution in [1.82, 2.24) is 0 Å². The fourth-order valence-electron chi connectivity index (χ4n) is 0.630. The zero-order chi connectivity index (χ0) is 7.66. The molecule has 0 saturated heterocycles. The molecule has 0 aromatic heterocycles. The van der Waals surface area contributed by atoms with Crippen LogP contribution in [0.15, 0.2) is 37.0 Å². The molecule has 10 heavy (non-hydrogen) atoms. The van der Waals surface area contributed by atoms with Crippen LogP contribution in [0, 0.1) is 0 Å². The predicted molar refractivity (Wildman–Crippen MR) is 48.0 cm³/mol. The van der Waals surface area contributed by atoms with E-state index in [-0.39, 0.29) is 0 Å². The van der Waals surface area contributed by atoms with Crippen LogP contribution < -0.4 is 0 Å². The molecule has 0 aromatic carbocycles. The van der Waals surface area contributed by atoms with Gasteiger partial charge in [0.05, 0.1) is 0 Å². The van der Waals surface area contributed by atoms with Gasteiger partial charge in [0, 0.05) is 0 Å². The van der Waals surface area contributed by atoms with E-state index in [9.17, 15) is 0 Å². The zero-order valence-corrected chi connectivity index (χ0v) is 6.72. The van der Waals surface area contributed by atoms with Crippen LogP contribution >= 0.6 is 0 Å². The topological polar surface area (TPSA) is 0 Å². The summed E-state index contributed by atoms with van der Waals surface area (Å²) in [5, 5.41) is 0. The molecule has 0 heterocycles. The molecule has 0 saturated carbocycles. The normalized spacial score (nSPS) is 11.3. The van der Waals surface area contributed by atoms with Crippen molar-refractivity contribution in [3.63, 3.8) is 0 Å². The molecule has 0 N–H and O–H groups in total. The van der Waals surface area contributed by atoms with Crippen LogP contribution in [-0.4, -0.2) is 0 Å². The summed E-state index contributed by atoms with van der Waals surface area (Å²) < 4.78 is 0. The number of hydrogen-bond acceptors (Lipinski definition) is 0. The highest BCUT2D eigenvalue weighted by Gasteiger charge is 1.69. The van der Waals surface area contributed by atoms with Crippen molar-refractivity contribution >= 4 is 0 Å². The second kappa shape index (κ2) is 8.22. The molecule has 0 aliphatic heterocycles. The lowest BCUT2D eigenvalue weighted by molar-refractivity contribution is 1.19. The maximum atomic E-state index is 3.63. The molecule has 0 heteroatoms. The lowest BCUT2D eigenvalue weighted by atomic mass is 10.3. The third-order valence-corrected chi connectivity index (χ3v) is 1.14. The monoisotopic (exact) mass is 136 g/mol. The Hall–Kier alpha value is -0.780. The van der Waals surface area contributed by atoms with Crippen LogP contribution in [0.1, 0.15) is 26.2 Å². The summed E-state index contributed by atoms with van der Waals surface area (Å²) in [7, 11) is 0. The van der Waals surface area contributed by atoms with Crippen LogP contribution in [0.2, 0.25) is 0 Å². The number of rotatable bonds is 5. The van der Waals surface area contributed by atoms with Gasteiger partial charge >= 0.3 is 0 Å². The van der Waals surface area contributed by atoms with E-state index in [1.165, 1.54) is 0 Å². The van der Waals surface area contributed by atoms with Gasteiger partial charge in [0.15, 0.2) is 0 Å². The van der Waals surface area contributed by atoms with Gasteiger partial charge in [-0.2, -0.15) is 0 Å². The van der Waals surface area contributed by atoms with Gasteiger partial charge in [-0.05, 0) is 19.3 Å². The second-order valence-electron chi connectivity index (χ2n) is 2.11. The highest BCUT2D eigenvalue weighted by atomic mass is 13.8. The van der Waals surface area contributed by atoms with Crippen molar-refractivity contribution in [3.05, 3.63) is 37.0 Å². The summed E-state index contributed by atoms with van der Waals surface area (Å²) in [6, 6.07) is 0. The number of hydrogen-bond donors (Lipinski definition) is 0. The van der Waals surface area contributed by atoms with Crippen LogP contribution in [0.3, 0.4) is 0 Å². The highest BCUT2D eigenvalue weighted by Crippen LogP contribution is 1.90. The van der Waals surface area contributed by atoms with Crippen LogP contribution in [-0.2, 0) is 0 Å². The Morgan fingerprint density at radius 1 is 1.00 bits per heavy atom. The molecule has 0 aliphatic carbocycles. The van der Waals surface area contributed by atoms with Crippen LogP contribution in [0.4, 0.5) is 0 Å². The first kappa shape index (κ1) is 9.22. The lowest BCUT2D eigenvalue weighted by Gasteiger charge is -1.80. The first-order valence-electron chi connectivity index (χ1n) is 3.82. The highest BCUT2D eigenvalue weighted by molar-refractivity contribution is 4.94. The summed E-state index contributed by atoms with van der Waals surface area (Å²) in [5.41, 5.74) is 0. The summed E-state index contributed by atoms with van der Waals surface area (Å²) in [5.74, 6) is 0. The first-order chi connectivity index (χ1) is 4.91. The molecule has 0 amide bonds. The van der Waals surface area contributed by atoms with E-state index >= 15 is 0 Å². The Balaban J connectivity index is 3.17. The summed E-state index contributed by atoms with van der Waals surface area (Å²) in [6.07, 6.45) is 13.7. The Morgan fingerprint density at radius 3 is 2.20 bits per heavy atom. The maximum absolute atomic E-state index is 3.63. The average Bonchev–Trinajstić information content (AvgIpc) is 1.97. The molecule has 0 unspecified atom stereocenters. The van der Waals surface area contributed by atoms with E-state index < -0.39 is 0 Å². The minimum atomic E-state index is 0.986. The molecule has 0 aliphatic rings. The quantitative estimate of drug-likeness (QED) is 0.508. The van der Waals surface area contributed by atoms with E-state index in [0.717, 1.165) is 19.3 Å². The van der Waals surface area contributed by atoms with Gasteiger partial charge in [-0.25, -0.2) is 0 Å². The number of allylic oxidation sites excluding steroid dienone is 5. The molecule has 0 atom stereocenters. The standard InChI is InChI=1S/C10H16/c1-3-5-7-9-10-8-6-4-2/h3,6-9H,1,4-5,10H2,2H3/b8-6+,9-7-. The van der Waals surface area contributed by atoms with Crippen LogP contribution in [0.25, 0.3) is 0 Å². The molecule has 0 spiro atoms. The van der Waals surface area contributed by atoms with Gasteiger partial charge in [0.1, 0.15) is 0 Å². The Kier molecular flexibility index (Phi) is 7.58. The molecule has 56 valence electrons. The first-order valence-corrected chi connectivity index (χ1v) is 3.82. The van der Waals surface area contributed by atoms with Crippen molar-refractivity contribution < 1.29 is 0 Å². The Bertz CT molecular complexity index is 118. The second-order valence-corrected chi connectivity index (χ2v) is 2.11. The van der Waals surface area contributed by atoms with Gasteiger partial charge in [-0.15, -0.1) is 6.58 Å². The van der Waals surface area contributed by atoms with Gasteiger partial charge in [-0.3, -0.25) is 0 Å². The van der Waals surface area contributed by atoms with Crippen molar-refractivity contribution in [2.24, 2.45) is 0 Å². The molecule has 0 bridgehead atoms. The Labute approximate surface area is 64.0 Å². The van der Waals surface area contributed by atoms with E-state index in [1.807, 2.05) is 6.08 Å². The zero-order valence-electron chi connectivity index (χ0n) is 6.72. The predicted octanol–water partition coefficient (Wildman–Crippen LogP) is 3.48. The van der Waals surface area contributed by atoms with E-state index in [0.29, 0.717) is 0 Å². The Morgan fingerprint density at radius 2 is 1.60 bits per heavy atom. The summed E-state index contributed by atoms with van der Waals surface area (Å²) in [6.45, 7) is 5.77. The van der Waals surface area contributed by atoms with Gasteiger partial charge in [-0.1, -0.05) is 37.3 Å². The SMILES string of the molecule is C=CC/C=C\C/C=C/CC. The molecular weight excluding hydrogens is 120 g/mol. The molecule has 0 radical (unpaired) electrons. The molecule has 0 rings (SSSR count). The molecular formula is C10H16. The fraction of sp³-hybridized carbons (Fsp3) is 0.400. The van der Waals surface area contributed by atoms with Gasteiger partial charge < -0.3 is 0 Å². The minimum absolute atomic E-state index is 0.986.